The molecule has 9 heavy (non-hydrogen) atoms. The Labute approximate surface area is 62.1 Å². The molecule has 0 aromatic heterocycles. The fourth-order valence-electron chi connectivity index (χ4n) is 0.289. The molecule has 0 N–H and O–H groups in total. The minimum absolute atomic E-state index is 0. The van der Waals surface area contributed by atoms with Crippen LogP contribution in [0.2, 0.25) is 0 Å². The fraction of sp³-hybridized carbons (Fsp3) is 0.778. The van der Waals surface area contributed by atoms with Crippen LogP contribution in [0.1, 0.15) is 42.4 Å². The Morgan fingerprint density at radius 1 is 1.44 bits per heavy atom. The van der Waals surface area contributed by atoms with Crippen molar-refractivity contribution in [3.8, 4) is 12.8 Å². The van der Waals surface area contributed by atoms with Gasteiger partial charge in [0.05, 0.1) is 0 Å². The van der Waals surface area contributed by atoms with Crippen LogP contribution < -0.4 is 0 Å². The zero-order valence-electron chi connectivity index (χ0n) is 7.07. The molecular formula is C9H20. The lowest BCUT2D eigenvalue weighted by Gasteiger charge is -1.98. The van der Waals surface area contributed by atoms with Gasteiger partial charge in [-0.25, -0.2) is 0 Å². The first-order valence-corrected chi connectivity index (χ1v) is 3.10. The van der Waals surface area contributed by atoms with E-state index >= 15 is 0 Å². The SMILES string of the molecule is C.CCC(C)CC.[3H]C#C. The van der Waals surface area contributed by atoms with E-state index in [0.717, 1.165) is 5.92 Å². The standard InChI is InChI=1S/C6H14.C2H2.CH4/c1-4-6(3)5-2;1-2;/h6H,4-5H2,1-3H3;1-2H;1H4/i;1T;. The summed E-state index contributed by atoms with van der Waals surface area (Å²) in [7, 11) is 0. The Balaban J connectivity index is -0.000000107. The molecule has 0 aliphatic carbocycles. The fourth-order valence-corrected chi connectivity index (χ4v) is 0.289. The topological polar surface area (TPSA) is 0 Å². The molecule has 0 heterocycles. The van der Waals surface area contributed by atoms with Gasteiger partial charge in [-0.15, -0.1) is 12.8 Å². The van der Waals surface area contributed by atoms with Gasteiger partial charge in [0, 0.05) is 0 Å². The molecule has 0 aromatic rings. The predicted octanol–water partition coefficient (Wildman–Crippen LogP) is 3.33. The van der Waals surface area contributed by atoms with Crippen molar-refractivity contribution >= 4 is 0 Å². The Hall–Kier alpha value is -0.440. The van der Waals surface area contributed by atoms with Crippen LogP contribution in [0.4, 0.5) is 0 Å². The van der Waals surface area contributed by atoms with E-state index in [1.165, 1.54) is 19.2 Å². The molecule has 0 saturated carbocycles. The third-order valence-electron chi connectivity index (χ3n) is 1.39. The van der Waals surface area contributed by atoms with Gasteiger partial charge in [0.2, 0.25) is 0 Å². The van der Waals surface area contributed by atoms with Crippen molar-refractivity contribution in [2.24, 2.45) is 5.92 Å². The Morgan fingerprint density at radius 2 is 1.67 bits per heavy atom. The van der Waals surface area contributed by atoms with Crippen LogP contribution in [0.3, 0.4) is 0 Å². The molecule has 0 nitrogen and oxygen atoms in total. The summed E-state index contributed by atoms with van der Waals surface area (Å²) in [5.41, 5.74) is 0. The molecule has 0 aliphatic rings. The van der Waals surface area contributed by atoms with Crippen molar-refractivity contribution in [1.82, 2.24) is 0 Å². The van der Waals surface area contributed by atoms with E-state index < -0.39 is 0 Å². The normalized spacial score (nSPS) is 7.67. The summed E-state index contributed by atoms with van der Waals surface area (Å²) in [5.74, 6) is 0.935. The molecule has 0 bridgehead atoms. The lowest BCUT2D eigenvalue weighted by molar-refractivity contribution is 0.544. The summed E-state index contributed by atoms with van der Waals surface area (Å²) < 4.78 is 5.74. The molecule has 0 spiro atoms. The Kier molecular flexibility index (Phi) is 19.8. The van der Waals surface area contributed by atoms with Gasteiger partial charge in [-0.3, -0.25) is 0 Å². The quantitative estimate of drug-likeness (QED) is 0.503. The molecule has 0 saturated heterocycles. The summed E-state index contributed by atoms with van der Waals surface area (Å²) in [6.07, 6.45) is 8.42. The van der Waals surface area contributed by atoms with Crippen molar-refractivity contribution in [2.75, 3.05) is 0 Å². The van der Waals surface area contributed by atoms with Gasteiger partial charge in [0.25, 0.3) is 0 Å². The lowest BCUT2D eigenvalue weighted by atomic mass is 10.1. The Morgan fingerprint density at radius 3 is 1.67 bits per heavy atom. The highest BCUT2D eigenvalue weighted by Crippen LogP contribution is 2.02. The second-order valence-electron chi connectivity index (χ2n) is 1.92. The maximum absolute atomic E-state index is 5.74. The molecule has 0 rings (SSSR count). The van der Waals surface area contributed by atoms with Crippen LogP contribution in [0, 0.1) is 18.7 Å². The van der Waals surface area contributed by atoms with Gasteiger partial charge in [0.1, 0.15) is 1.37 Å². The molecule has 0 radical (unpaired) electrons. The summed E-state index contributed by atoms with van der Waals surface area (Å²) in [6, 6.07) is 0. The van der Waals surface area contributed by atoms with Gasteiger partial charge in [0.15, 0.2) is 0 Å². The lowest BCUT2D eigenvalue weighted by Crippen LogP contribution is -1.85. The summed E-state index contributed by atoms with van der Waals surface area (Å²) in [5, 5.41) is 0. The third kappa shape index (κ3) is 18.4. The molecule has 56 valence electrons. The summed E-state index contributed by atoms with van der Waals surface area (Å²) in [4.78, 5) is 0. The monoisotopic (exact) mass is 130 g/mol. The van der Waals surface area contributed by atoms with Gasteiger partial charge in [-0.2, -0.15) is 0 Å². The largest absolute Gasteiger partial charge is 0.124 e. The molecular weight excluding hydrogens is 108 g/mol. The van der Waals surface area contributed by atoms with Crippen molar-refractivity contribution in [3.63, 3.8) is 0 Å². The molecule has 0 aliphatic heterocycles. The van der Waals surface area contributed by atoms with Crippen LogP contribution in [0.15, 0.2) is 0 Å². The maximum Gasteiger partial charge on any atom is 0.124 e. The highest BCUT2D eigenvalue weighted by Gasteiger charge is 1.88. The van der Waals surface area contributed by atoms with Crippen molar-refractivity contribution in [3.05, 3.63) is 0 Å². The molecule has 0 amide bonds. The molecule has 0 unspecified atom stereocenters. The molecule has 0 aromatic carbocycles. The summed E-state index contributed by atoms with van der Waals surface area (Å²) in [6.45, 7) is 6.74. The highest BCUT2D eigenvalue weighted by atomic mass is 13.9. The van der Waals surface area contributed by atoms with E-state index in [1.54, 1.807) is 0 Å². The van der Waals surface area contributed by atoms with E-state index in [0.29, 0.717) is 0 Å². The van der Waals surface area contributed by atoms with E-state index in [2.05, 4.69) is 27.2 Å². The second-order valence-corrected chi connectivity index (χ2v) is 1.92. The predicted molar refractivity (Wildman–Crippen MR) is 46.4 cm³/mol. The van der Waals surface area contributed by atoms with Crippen LogP contribution in [-0.4, -0.2) is 0 Å². The minimum atomic E-state index is 0. The molecule has 0 heteroatoms. The van der Waals surface area contributed by atoms with Crippen molar-refractivity contribution in [1.29, 1.82) is 0 Å². The van der Waals surface area contributed by atoms with Crippen LogP contribution in [-0.2, 0) is 0 Å². The number of rotatable bonds is 2. The first-order chi connectivity index (χ1) is 4.22. The molecule has 0 fully saturated rings. The van der Waals surface area contributed by atoms with Crippen LogP contribution in [0.25, 0.3) is 0 Å². The van der Waals surface area contributed by atoms with E-state index in [4.69, 9.17) is 1.37 Å². The van der Waals surface area contributed by atoms with E-state index in [1.807, 2.05) is 0 Å². The smallest absolute Gasteiger partial charge is 0.124 e. The number of hydrogen-bond donors (Lipinski definition) is 0. The van der Waals surface area contributed by atoms with Crippen molar-refractivity contribution in [2.45, 2.75) is 41.0 Å². The molecule has 0 atom stereocenters. The van der Waals surface area contributed by atoms with Crippen LogP contribution >= 0.6 is 0 Å². The average Bonchev–Trinajstić information content (AvgIpc) is 1.88. The van der Waals surface area contributed by atoms with Gasteiger partial charge >= 0.3 is 0 Å². The zero-order chi connectivity index (χ0) is 7.70. The van der Waals surface area contributed by atoms with Gasteiger partial charge < -0.3 is 0 Å². The second kappa shape index (κ2) is 15.6. The maximum atomic E-state index is 5.74. The van der Waals surface area contributed by atoms with Gasteiger partial charge in [-0.1, -0.05) is 41.0 Å². The van der Waals surface area contributed by atoms with Crippen molar-refractivity contribution < 1.29 is 1.37 Å². The number of terminal acetylenes is 1. The number of hydrogen-bond acceptors (Lipinski definition) is 0. The first-order valence-electron chi connectivity index (χ1n) is 3.60. The van der Waals surface area contributed by atoms with E-state index in [-0.39, 0.29) is 7.43 Å². The third-order valence-corrected chi connectivity index (χ3v) is 1.39. The highest BCUT2D eigenvalue weighted by molar-refractivity contribution is 4.47. The van der Waals surface area contributed by atoms with E-state index in [9.17, 15) is 0 Å². The average molecular weight is 130 g/mol. The minimum Gasteiger partial charge on any atom is -0.124 e. The first kappa shape index (κ1) is 11.4. The summed E-state index contributed by atoms with van der Waals surface area (Å²) >= 11 is 0. The van der Waals surface area contributed by atoms with Gasteiger partial charge in [-0.05, 0) is 5.92 Å². The van der Waals surface area contributed by atoms with Crippen LogP contribution in [0.5, 0.6) is 0 Å². The zero-order valence-corrected chi connectivity index (χ0v) is 6.07. The Bertz CT molecular complexity index is 67.3.